The Bertz CT molecular complexity index is 484. The van der Waals surface area contributed by atoms with Gasteiger partial charge in [-0.15, -0.1) is 11.8 Å². The smallest absolute Gasteiger partial charge is 0.232 e. The summed E-state index contributed by atoms with van der Waals surface area (Å²) in [7, 11) is 1.91. The van der Waals surface area contributed by atoms with Crippen molar-refractivity contribution in [2.45, 2.75) is 38.5 Å². The molecule has 1 aliphatic heterocycles. The molecular formula is C17H26N2OS. The number of piperidine rings is 1. The first-order chi connectivity index (χ1) is 10.1. The summed E-state index contributed by atoms with van der Waals surface area (Å²) in [5.41, 5.74) is 3.77. The predicted octanol–water partition coefficient (Wildman–Crippen LogP) is 2.75. The summed E-state index contributed by atoms with van der Waals surface area (Å²) in [6.07, 6.45) is 2.36. The van der Waals surface area contributed by atoms with Crippen LogP contribution in [0.15, 0.2) is 18.2 Å². The zero-order chi connectivity index (χ0) is 15.2. The first-order valence-corrected chi connectivity index (χ1v) is 8.73. The normalized spacial score (nSPS) is 16.0. The van der Waals surface area contributed by atoms with E-state index < -0.39 is 0 Å². The predicted molar refractivity (Wildman–Crippen MR) is 90.7 cm³/mol. The van der Waals surface area contributed by atoms with Crippen LogP contribution >= 0.6 is 11.8 Å². The lowest BCUT2D eigenvalue weighted by Crippen LogP contribution is -2.32. The maximum Gasteiger partial charge on any atom is 0.232 e. The highest BCUT2D eigenvalue weighted by molar-refractivity contribution is 8.00. The van der Waals surface area contributed by atoms with Gasteiger partial charge in [0, 0.05) is 18.8 Å². The van der Waals surface area contributed by atoms with Crippen molar-refractivity contribution < 1.29 is 4.79 Å². The number of hydrogen-bond donors (Lipinski definition) is 1. The summed E-state index contributed by atoms with van der Waals surface area (Å²) in [6.45, 7) is 7.10. The van der Waals surface area contributed by atoms with Crippen molar-refractivity contribution >= 4 is 17.7 Å². The monoisotopic (exact) mass is 306 g/mol. The number of rotatable bonds is 5. The minimum absolute atomic E-state index is 0.235. The zero-order valence-electron chi connectivity index (χ0n) is 13.3. The molecule has 1 fully saturated rings. The van der Waals surface area contributed by atoms with Gasteiger partial charge in [0.05, 0.1) is 5.75 Å². The van der Waals surface area contributed by atoms with Gasteiger partial charge in [0.25, 0.3) is 0 Å². The molecule has 1 aromatic carbocycles. The summed E-state index contributed by atoms with van der Waals surface area (Å²) < 4.78 is 0. The van der Waals surface area contributed by atoms with Crippen LogP contribution in [0.2, 0.25) is 0 Å². The molecule has 0 aromatic heterocycles. The number of carbonyl (C=O) groups is 1. The Morgan fingerprint density at radius 3 is 2.71 bits per heavy atom. The van der Waals surface area contributed by atoms with Gasteiger partial charge < -0.3 is 10.2 Å². The molecule has 0 bridgehead atoms. The Hall–Kier alpha value is -1.00. The molecule has 4 heteroatoms. The average Bonchev–Trinajstić information content (AvgIpc) is 2.48. The lowest BCUT2D eigenvalue weighted by molar-refractivity contribution is -0.127. The van der Waals surface area contributed by atoms with Crippen LogP contribution in [0.1, 0.15) is 29.5 Å². The van der Waals surface area contributed by atoms with E-state index in [0.717, 1.165) is 13.1 Å². The molecule has 0 aliphatic carbocycles. The Balaban J connectivity index is 1.81. The van der Waals surface area contributed by atoms with Crippen LogP contribution < -0.4 is 5.32 Å². The minimum Gasteiger partial charge on any atom is -0.341 e. The summed E-state index contributed by atoms with van der Waals surface area (Å²) in [4.78, 5) is 14.1. The molecule has 0 radical (unpaired) electrons. The first kappa shape index (κ1) is 16.4. The van der Waals surface area contributed by atoms with Gasteiger partial charge in [-0.3, -0.25) is 4.79 Å². The van der Waals surface area contributed by atoms with Crippen LogP contribution in [0, 0.1) is 13.8 Å². The number of benzene rings is 1. The summed E-state index contributed by atoms with van der Waals surface area (Å²) in [5, 5.41) is 4.00. The highest BCUT2D eigenvalue weighted by atomic mass is 32.2. The third kappa shape index (κ3) is 5.04. The molecule has 116 valence electrons. The Morgan fingerprint density at radius 1 is 1.33 bits per heavy atom. The highest BCUT2D eigenvalue weighted by Gasteiger charge is 2.17. The molecular weight excluding hydrogens is 280 g/mol. The Kier molecular flexibility index (Phi) is 6.12. The molecule has 0 saturated carbocycles. The largest absolute Gasteiger partial charge is 0.341 e. The SMILES string of the molecule is Cc1ccc(CN(C)C(=O)CSC2CCNCC2)c(C)c1. The van der Waals surface area contributed by atoms with Gasteiger partial charge in [-0.1, -0.05) is 23.8 Å². The molecule has 21 heavy (non-hydrogen) atoms. The first-order valence-electron chi connectivity index (χ1n) is 7.68. The molecule has 1 N–H and O–H groups in total. The van der Waals surface area contributed by atoms with Crippen LogP contribution in [0.5, 0.6) is 0 Å². The van der Waals surface area contributed by atoms with Crippen LogP contribution in [-0.4, -0.2) is 41.9 Å². The molecule has 2 rings (SSSR count). The van der Waals surface area contributed by atoms with Gasteiger partial charge in [-0.25, -0.2) is 0 Å². The van der Waals surface area contributed by atoms with Crippen molar-refractivity contribution in [1.82, 2.24) is 10.2 Å². The summed E-state index contributed by atoms with van der Waals surface area (Å²) in [6, 6.07) is 6.43. The highest BCUT2D eigenvalue weighted by Crippen LogP contribution is 2.21. The van der Waals surface area contributed by atoms with Gasteiger partial charge in [0.15, 0.2) is 0 Å². The number of aryl methyl sites for hydroxylation is 2. The third-order valence-electron chi connectivity index (χ3n) is 4.06. The van der Waals surface area contributed by atoms with Crippen molar-refractivity contribution in [1.29, 1.82) is 0 Å². The second kappa shape index (κ2) is 7.85. The maximum atomic E-state index is 12.3. The van der Waals surface area contributed by atoms with Crippen molar-refractivity contribution in [2.24, 2.45) is 0 Å². The van der Waals surface area contributed by atoms with Gasteiger partial charge >= 0.3 is 0 Å². The van der Waals surface area contributed by atoms with Gasteiger partial charge in [-0.2, -0.15) is 0 Å². The maximum absolute atomic E-state index is 12.3. The molecule has 1 saturated heterocycles. The molecule has 0 spiro atoms. The van der Waals surface area contributed by atoms with E-state index in [9.17, 15) is 4.79 Å². The van der Waals surface area contributed by atoms with Crippen LogP contribution in [0.25, 0.3) is 0 Å². The van der Waals surface area contributed by atoms with E-state index in [1.165, 1.54) is 29.5 Å². The fourth-order valence-electron chi connectivity index (χ4n) is 2.63. The standard InChI is InChI=1S/C17H26N2OS/c1-13-4-5-15(14(2)10-13)11-19(3)17(20)12-21-16-6-8-18-9-7-16/h4-5,10,16,18H,6-9,11-12H2,1-3H3. The number of thioether (sulfide) groups is 1. The molecule has 1 aliphatic rings. The quantitative estimate of drug-likeness (QED) is 0.908. The van der Waals surface area contributed by atoms with Crippen molar-refractivity contribution in [3.05, 3.63) is 34.9 Å². The molecule has 3 nitrogen and oxygen atoms in total. The molecule has 1 heterocycles. The second-order valence-corrected chi connectivity index (χ2v) is 7.23. The van der Waals surface area contributed by atoms with E-state index in [1.54, 1.807) is 0 Å². The van der Waals surface area contributed by atoms with Crippen molar-refractivity contribution in [3.63, 3.8) is 0 Å². The second-order valence-electron chi connectivity index (χ2n) is 5.94. The lowest BCUT2D eigenvalue weighted by atomic mass is 10.1. The number of amides is 1. The van der Waals surface area contributed by atoms with Crippen molar-refractivity contribution in [2.75, 3.05) is 25.9 Å². The van der Waals surface area contributed by atoms with Gasteiger partial charge in [0.2, 0.25) is 5.91 Å². The van der Waals surface area contributed by atoms with E-state index >= 15 is 0 Å². The topological polar surface area (TPSA) is 32.3 Å². The van der Waals surface area contributed by atoms with Crippen LogP contribution in [0.4, 0.5) is 0 Å². The Labute approximate surface area is 132 Å². The fourth-order valence-corrected chi connectivity index (χ4v) is 3.80. The van der Waals surface area contributed by atoms with E-state index in [4.69, 9.17) is 0 Å². The molecule has 0 unspecified atom stereocenters. The Morgan fingerprint density at radius 2 is 2.05 bits per heavy atom. The fraction of sp³-hybridized carbons (Fsp3) is 0.588. The van der Waals surface area contributed by atoms with Gasteiger partial charge in [-0.05, 0) is 50.9 Å². The van der Waals surface area contributed by atoms with E-state index in [2.05, 4.69) is 37.4 Å². The number of hydrogen-bond acceptors (Lipinski definition) is 3. The van der Waals surface area contributed by atoms with E-state index in [-0.39, 0.29) is 5.91 Å². The number of carbonyl (C=O) groups excluding carboxylic acids is 1. The summed E-state index contributed by atoms with van der Waals surface area (Å²) in [5.74, 6) is 0.838. The number of nitrogens with one attached hydrogen (secondary N) is 1. The van der Waals surface area contributed by atoms with Crippen LogP contribution in [-0.2, 0) is 11.3 Å². The van der Waals surface area contributed by atoms with Gasteiger partial charge in [0.1, 0.15) is 0 Å². The number of nitrogens with zero attached hydrogens (tertiary/aromatic N) is 1. The average molecular weight is 306 g/mol. The summed E-state index contributed by atoms with van der Waals surface area (Å²) >= 11 is 1.82. The van der Waals surface area contributed by atoms with E-state index in [1.807, 2.05) is 23.7 Å². The van der Waals surface area contributed by atoms with E-state index in [0.29, 0.717) is 17.5 Å². The lowest BCUT2D eigenvalue weighted by Gasteiger charge is -2.23. The van der Waals surface area contributed by atoms with Crippen molar-refractivity contribution in [3.8, 4) is 0 Å². The third-order valence-corrected chi connectivity index (χ3v) is 5.42. The molecule has 1 aromatic rings. The minimum atomic E-state index is 0.235. The molecule has 0 atom stereocenters. The zero-order valence-corrected chi connectivity index (χ0v) is 14.1. The van der Waals surface area contributed by atoms with Crippen LogP contribution in [0.3, 0.4) is 0 Å². The molecule has 1 amide bonds.